The van der Waals surface area contributed by atoms with E-state index < -0.39 is 10.0 Å². The van der Waals surface area contributed by atoms with Gasteiger partial charge in [0.25, 0.3) is 0 Å². The van der Waals surface area contributed by atoms with E-state index in [4.69, 9.17) is 4.74 Å². The van der Waals surface area contributed by atoms with Gasteiger partial charge in [-0.05, 0) is 43.4 Å². The monoisotopic (exact) mass is 303 g/mol. The Morgan fingerprint density at radius 3 is 2.50 bits per heavy atom. The van der Waals surface area contributed by atoms with E-state index in [0.29, 0.717) is 25.0 Å². The first kappa shape index (κ1) is 16.2. The molecule has 1 heterocycles. The largest absolute Gasteiger partial charge is 0.381 e. The molecule has 1 saturated carbocycles. The van der Waals surface area contributed by atoms with E-state index in [2.05, 4.69) is 18.6 Å². The Kier molecular flexibility index (Phi) is 5.87. The van der Waals surface area contributed by atoms with Crippen LogP contribution in [0, 0.1) is 17.8 Å². The number of sulfonamides is 1. The molecule has 0 aromatic carbocycles. The minimum Gasteiger partial charge on any atom is -0.381 e. The molecule has 5 heteroatoms. The van der Waals surface area contributed by atoms with Crippen molar-refractivity contribution >= 4 is 10.0 Å². The van der Waals surface area contributed by atoms with Crippen molar-refractivity contribution in [2.75, 3.05) is 19.0 Å². The molecule has 0 unspecified atom stereocenters. The van der Waals surface area contributed by atoms with Crippen molar-refractivity contribution < 1.29 is 13.2 Å². The van der Waals surface area contributed by atoms with Crippen molar-refractivity contribution in [3.8, 4) is 0 Å². The van der Waals surface area contributed by atoms with Crippen molar-refractivity contribution in [2.24, 2.45) is 17.8 Å². The topological polar surface area (TPSA) is 55.4 Å². The Labute approximate surface area is 123 Å². The molecule has 2 atom stereocenters. The van der Waals surface area contributed by atoms with E-state index in [1.54, 1.807) is 0 Å². The first-order valence-electron chi connectivity index (χ1n) is 8.04. The van der Waals surface area contributed by atoms with Crippen LogP contribution in [0.2, 0.25) is 0 Å². The molecule has 0 radical (unpaired) electrons. The summed E-state index contributed by atoms with van der Waals surface area (Å²) in [5.74, 6) is 1.86. The van der Waals surface area contributed by atoms with Gasteiger partial charge in [0.15, 0.2) is 0 Å². The van der Waals surface area contributed by atoms with Gasteiger partial charge in [-0.2, -0.15) is 0 Å². The van der Waals surface area contributed by atoms with E-state index in [1.165, 1.54) is 6.42 Å². The minimum atomic E-state index is -3.14. The first-order chi connectivity index (χ1) is 9.46. The van der Waals surface area contributed by atoms with E-state index in [1.807, 2.05) is 0 Å². The number of nitrogens with one attached hydrogen (secondary N) is 1. The highest BCUT2D eigenvalue weighted by Gasteiger charge is 2.28. The van der Waals surface area contributed by atoms with E-state index in [0.717, 1.165) is 32.1 Å². The summed E-state index contributed by atoms with van der Waals surface area (Å²) in [7, 11) is -3.14. The summed E-state index contributed by atoms with van der Waals surface area (Å²) in [6.45, 7) is 5.89. The molecule has 1 aliphatic heterocycles. The maximum atomic E-state index is 12.3. The van der Waals surface area contributed by atoms with Crippen LogP contribution in [0.15, 0.2) is 0 Å². The molecule has 2 fully saturated rings. The van der Waals surface area contributed by atoms with Crippen LogP contribution in [0.4, 0.5) is 0 Å². The summed E-state index contributed by atoms with van der Waals surface area (Å²) in [4.78, 5) is 0. The minimum absolute atomic E-state index is 0.154. The predicted octanol–water partition coefficient (Wildman–Crippen LogP) is 2.55. The predicted molar refractivity (Wildman–Crippen MR) is 81.0 cm³/mol. The van der Waals surface area contributed by atoms with Crippen molar-refractivity contribution in [2.45, 2.75) is 58.4 Å². The molecule has 0 aromatic rings. The SMILES string of the molecule is CC(C)[C@@H]1CCC[C@H](NS(=O)(=O)CC2CCOCC2)C1. The smallest absolute Gasteiger partial charge is 0.212 e. The van der Waals surface area contributed by atoms with Gasteiger partial charge in [-0.25, -0.2) is 13.1 Å². The third-order valence-corrected chi connectivity index (χ3v) is 6.40. The summed E-state index contributed by atoms with van der Waals surface area (Å²) >= 11 is 0. The maximum absolute atomic E-state index is 12.3. The van der Waals surface area contributed by atoms with Gasteiger partial charge in [-0.15, -0.1) is 0 Å². The van der Waals surface area contributed by atoms with Crippen molar-refractivity contribution in [3.63, 3.8) is 0 Å². The highest BCUT2D eigenvalue weighted by atomic mass is 32.2. The van der Waals surface area contributed by atoms with Crippen LogP contribution in [-0.2, 0) is 14.8 Å². The number of hydrogen-bond donors (Lipinski definition) is 1. The van der Waals surface area contributed by atoms with Crippen LogP contribution >= 0.6 is 0 Å². The number of hydrogen-bond acceptors (Lipinski definition) is 3. The Balaban J connectivity index is 1.84. The quantitative estimate of drug-likeness (QED) is 0.849. The molecule has 1 N–H and O–H groups in total. The molecule has 4 nitrogen and oxygen atoms in total. The van der Waals surface area contributed by atoms with Gasteiger partial charge in [0.2, 0.25) is 10.0 Å². The Morgan fingerprint density at radius 1 is 1.15 bits per heavy atom. The van der Waals surface area contributed by atoms with Gasteiger partial charge in [0.05, 0.1) is 5.75 Å². The summed E-state index contributed by atoms with van der Waals surface area (Å²) < 4.78 is 32.8. The van der Waals surface area contributed by atoms with Gasteiger partial charge < -0.3 is 4.74 Å². The Morgan fingerprint density at radius 2 is 1.85 bits per heavy atom. The zero-order valence-electron chi connectivity index (χ0n) is 12.8. The van der Waals surface area contributed by atoms with Crippen LogP contribution in [0.25, 0.3) is 0 Å². The molecule has 2 rings (SSSR count). The fraction of sp³-hybridized carbons (Fsp3) is 1.00. The van der Waals surface area contributed by atoms with E-state index in [9.17, 15) is 8.42 Å². The third kappa shape index (κ3) is 5.01. The van der Waals surface area contributed by atoms with Crippen LogP contribution in [-0.4, -0.2) is 33.4 Å². The standard InChI is InChI=1S/C15H29NO3S/c1-12(2)14-4-3-5-15(10-14)16-20(17,18)11-13-6-8-19-9-7-13/h12-16H,3-11H2,1-2H3/t14-,15+/m1/s1. The molecule has 0 aromatic heterocycles. The normalized spacial score (nSPS) is 29.8. The van der Waals surface area contributed by atoms with Gasteiger partial charge in [0, 0.05) is 19.3 Å². The molecule has 20 heavy (non-hydrogen) atoms. The van der Waals surface area contributed by atoms with Crippen molar-refractivity contribution in [1.82, 2.24) is 4.72 Å². The zero-order valence-corrected chi connectivity index (χ0v) is 13.6. The Bertz CT molecular complexity index is 388. The molecule has 0 bridgehead atoms. The second-order valence-corrected chi connectivity index (χ2v) is 8.62. The highest BCUT2D eigenvalue weighted by Crippen LogP contribution is 2.30. The molecule has 1 aliphatic carbocycles. The Hall–Kier alpha value is -0.130. The van der Waals surface area contributed by atoms with Crippen LogP contribution in [0.5, 0.6) is 0 Å². The fourth-order valence-corrected chi connectivity index (χ4v) is 5.24. The van der Waals surface area contributed by atoms with Gasteiger partial charge in [0.1, 0.15) is 0 Å². The zero-order chi connectivity index (χ0) is 14.6. The molecule has 118 valence electrons. The lowest BCUT2D eigenvalue weighted by Crippen LogP contribution is -2.42. The summed E-state index contributed by atoms with van der Waals surface area (Å²) in [6, 6.07) is 0.154. The number of ether oxygens (including phenoxy) is 1. The number of rotatable bonds is 5. The first-order valence-corrected chi connectivity index (χ1v) is 9.69. The van der Waals surface area contributed by atoms with Gasteiger partial charge in [-0.1, -0.05) is 26.7 Å². The average molecular weight is 303 g/mol. The van der Waals surface area contributed by atoms with Crippen molar-refractivity contribution in [3.05, 3.63) is 0 Å². The third-order valence-electron chi connectivity index (χ3n) is 4.80. The molecule has 2 aliphatic rings. The summed E-state index contributed by atoms with van der Waals surface area (Å²) in [5, 5.41) is 0. The highest BCUT2D eigenvalue weighted by molar-refractivity contribution is 7.89. The second kappa shape index (κ2) is 7.23. The molecule has 0 spiro atoms. The lowest BCUT2D eigenvalue weighted by atomic mass is 9.80. The van der Waals surface area contributed by atoms with Gasteiger partial charge in [-0.3, -0.25) is 0 Å². The van der Waals surface area contributed by atoms with Crippen LogP contribution in [0.3, 0.4) is 0 Å². The molecular weight excluding hydrogens is 274 g/mol. The second-order valence-electron chi connectivity index (χ2n) is 6.82. The van der Waals surface area contributed by atoms with Crippen LogP contribution < -0.4 is 4.72 Å². The fourth-order valence-electron chi connectivity index (χ4n) is 3.47. The maximum Gasteiger partial charge on any atom is 0.212 e. The van der Waals surface area contributed by atoms with Crippen molar-refractivity contribution in [1.29, 1.82) is 0 Å². The summed E-state index contributed by atoms with van der Waals surface area (Å²) in [5.41, 5.74) is 0. The molecule has 0 amide bonds. The molecular formula is C15H29NO3S. The van der Waals surface area contributed by atoms with Crippen LogP contribution in [0.1, 0.15) is 52.4 Å². The van der Waals surface area contributed by atoms with E-state index >= 15 is 0 Å². The van der Waals surface area contributed by atoms with E-state index in [-0.39, 0.29) is 17.7 Å². The summed E-state index contributed by atoms with van der Waals surface area (Å²) in [6.07, 6.45) is 6.14. The lowest BCUT2D eigenvalue weighted by Gasteiger charge is -2.32. The van der Waals surface area contributed by atoms with Gasteiger partial charge >= 0.3 is 0 Å². The average Bonchev–Trinajstić information content (AvgIpc) is 2.39. The lowest BCUT2D eigenvalue weighted by molar-refractivity contribution is 0.0722. The molecule has 1 saturated heterocycles.